The molecule has 0 aliphatic carbocycles. The van der Waals surface area contributed by atoms with Gasteiger partial charge in [-0.05, 0) is 23.1 Å². The van der Waals surface area contributed by atoms with E-state index in [2.05, 4.69) is 48.9 Å². The van der Waals surface area contributed by atoms with Crippen molar-refractivity contribution in [3.05, 3.63) is 96.7 Å². The van der Waals surface area contributed by atoms with Gasteiger partial charge in [0.05, 0.1) is 6.42 Å². The Labute approximate surface area is 125 Å². The van der Waals surface area contributed by atoms with Crippen molar-refractivity contribution in [1.82, 2.24) is 0 Å². The molecule has 0 unspecified atom stereocenters. The molecule has 0 fully saturated rings. The van der Waals surface area contributed by atoms with Crippen LogP contribution in [0.5, 0.6) is 0 Å². The quantitative estimate of drug-likeness (QED) is 0.575. The number of hydrogen-bond donors (Lipinski definition) is 1. The fourth-order valence-electron chi connectivity index (χ4n) is 2.34. The van der Waals surface area contributed by atoms with E-state index in [1.807, 2.05) is 36.5 Å². The van der Waals surface area contributed by atoms with Crippen molar-refractivity contribution in [1.29, 1.82) is 0 Å². The van der Waals surface area contributed by atoms with Crippen LogP contribution in [0.25, 0.3) is 11.1 Å². The molecule has 2 heteroatoms. The van der Waals surface area contributed by atoms with Crippen molar-refractivity contribution >= 4 is 0 Å². The summed E-state index contributed by atoms with van der Waals surface area (Å²) >= 11 is 0. The highest BCUT2D eigenvalue weighted by Gasteiger charge is 2.11. The average Bonchev–Trinajstić information content (AvgIpc) is 2.56. The van der Waals surface area contributed by atoms with Crippen molar-refractivity contribution in [3.8, 4) is 11.1 Å². The number of aromatic nitrogens is 1. The Morgan fingerprint density at radius 1 is 0.810 bits per heavy atom. The highest BCUT2D eigenvalue weighted by atomic mass is 15.3. The van der Waals surface area contributed by atoms with Gasteiger partial charge in [-0.1, -0.05) is 65.3 Å². The summed E-state index contributed by atoms with van der Waals surface area (Å²) in [5.74, 6) is 6.02. The Bertz CT molecular complexity index is 706. The molecule has 1 heterocycles. The van der Waals surface area contributed by atoms with Crippen LogP contribution in [0, 0.1) is 6.42 Å². The maximum absolute atomic E-state index is 6.02. The Balaban J connectivity index is 1.82. The van der Waals surface area contributed by atoms with Gasteiger partial charge in [0.25, 0.3) is 0 Å². The van der Waals surface area contributed by atoms with Crippen LogP contribution in [-0.4, -0.2) is 0 Å². The zero-order valence-electron chi connectivity index (χ0n) is 11.8. The highest BCUT2D eigenvalue weighted by Crippen LogP contribution is 2.19. The maximum atomic E-state index is 6.02. The van der Waals surface area contributed by atoms with E-state index < -0.39 is 0 Å². The number of rotatable bonds is 4. The van der Waals surface area contributed by atoms with Crippen LogP contribution in [0.3, 0.4) is 0 Å². The smallest absolute Gasteiger partial charge is 0.205 e. The van der Waals surface area contributed by atoms with E-state index in [0.717, 1.165) is 12.1 Å². The van der Waals surface area contributed by atoms with E-state index in [4.69, 9.17) is 5.84 Å². The summed E-state index contributed by atoms with van der Waals surface area (Å²) in [4.78, 5) is 0. The van der Waals surface area contributed by atoms with Gasteiger partial charge in [0, 0.05) is 12.1 Å². The minimum Gasteiger partial charge on any atom is -0.205 e. The molecule has 0 amide bonds. The predicted molar refractivity (Wildman–Crippen MR) is 85.8 cm³/mol. The first-order valence-electron chi connectivity index (χ1n) is 7.06. The number of benzene rings is 2. The number of pyridine rings is 1. The molecule has 0 saturated heterocycles. The van der Waals surface area contributed by atoms with Gasteiger partial charge in [0.2, 0.25) is 5.69 Å². The SMILES string of the molecule is N[n+]1ccc(-c2ccccc2)cc1[CH]Cc1ccccc1. The summed E-state index contributed by atoms with van der Waals surface area (Å²) in [6.07, 6.45) is 4.93. The van der Waals surface area contributed by atoms with Gasteiger partial charge in [-0.15, -0.1) is 0 Å². The first-order valence-corrected chi connectivity index (χ1v) is 7.06. The number of nitrogens with two attached hydrogens (primary N) is 1. The minimum atomic E-state index is 0.871. The van der Waals surface area contributed by atoms with E-state index in [0.29, 0.717) is 0 Å². The maximum Gasteiger partial charge on any atom is 0.216 e. The third-order valence-corrected chi connectivity index (χ3v) is 3.51. The normalized spacial score (nSPS) is 10.5. The number of hydrogen-bond acceptors (Lipinski definition) is 1. The monoisotopic (exact) mass is 274 g/mol. The van der Waals surface area contributed by atoms with Crippen LogP contribution in [0.1, 0.15) is 11.3 Å². The molecule has 0 atom stereocenters. The second-order valence-corrected chi connectivity index (χ2v) is 5.01. The molecule has 0 aliphatic rings. The van der Waals surface area contributed by atoms with Gasteiger partial charge >= 0.3 is 0 Å². The molecule has 0 aliphatic heterocycles. The van der Waals surface area contributed by atoms with Crippen LogP contribution >= 0.6 is 0 Å². The lowest BCUT2D eigenvalue weighted by molar-refractivity contribution is -0.643. The van der Waals surface area contributed by atoms with E-state index in [9.17, 15) is 0 Å². The van der Waals surface area contributed by atoms with Gasteiger partial charge in [-0.2, -0.15) is 0 Å². The number of nitrogen functional groups attached to an aromatic ring is 1. The van der Waals surface area contributed by atoms with Crippen LogP contribution in [-0.2, 0) is 6.42 Å². The minimum absolute atomic E-state index is 0.871. The first-order chi connectivity index (χ1) is 10.3. The second kappa shape index (κ2) is 6.23. The molecule has 1 radical (unpaired) electrons. The average molecular weight is 274 g/mol. The first kappa shape index (κ1) is 13.4. The molecule has 2 N–H and O–H groups in total. The van der Waals surface area contributed by atoms with Crippen molar-refractivity contribution in [2.75, 3.05) is 5.84 Å². The molecule has 21 heavy (non-hydrogen) atoms. The Kier molecular flexibility index (Phi) is 3.97. The van der Waals surface area contributed by atoms with Gasteiger partial charge < -0.3 is 0 Å². The van der Waals surface area contributed by atoms with Gasteiger partial charge in [-0.25, -0.2) is 5.84 Å². The second-order valence-electron chi connectivity index (χ2n) is 5.01. The Morgan fingerprint density at radius 2 is 1.48 bits per heavy atom. The molecule has 0 bridgehead atoms. The largest absolute Gasteiger partial charge is 0.216 e. The summed E-state index contributed by atoms with van der Waals surface area (Å²) < 4.78 is 1.66. The predicted octanol–water partition coefficient (Wildman–Crippen LogP) is 3.15. The van der Waals surface area contributed by atoms with Crippen molar-refractivity contribution in [2.45, 2.75) is 6.42 Å². The lowest BCUT2D eigenvalue weighted by Gasteiger charge is -2.04. The number of nitrogens with zero attached hydrogens (tertiary/aromatic N) is 1. The molecule has 1 aromatic heterocycles. The topological polar surface area (TPSA) is 29.9 Å². The summed E-state index contributed by atoms with van der Waals surface area (Å²) in [7, 11) is 0. The van der Waals surface area contributed by atoms with Crippen LogP contribution < -0.4 is 10.5 Å². The van der Waals surface area contributed by atoms with E-state index in [1.54, 1.807) is 4.68 Å². The third-order valence-electron chi connectivity index (χ3n) is 3.51. The molecular weight excluding hydrogens is 256 g/mol. The fraction of sp³-hybridized carbons (Fsp3) is 0.0526. The molecular formula is C19H18N2+. The standard InChI is InChI=1S/C19H18N2/c20-21-14-13-18(17-9-5-2-6-10-17)15-19(21)12-11-16-7-3-1-4-8-16/h1-10,12-15H,11,20H2/q+1. The molecule has 0 spiro atoms. The third kappa shape index (κ3) is 3.29. The molecule has 0 saturated carbocycles. The summed E-state index contributed by atoms with van der Waals surface area (Å²) in [6, 6.07) is 24.9. The highest BCUT2D eigenvalue weighted by molar-refractivity contribution is 5.63. The van der Waals surface area contributed by atoms with Crippen molar-refractivity contribution < 1.29 is 4.68 Å². The molecule has 3 rings (SSSR count). The Morgan fingerprint density at radius 3 is 2.19 bits per heavy atom. The van der Waals surface area contributed by atoms with Gasteiger partial charge in [-0.3, -0.25) is 0 Å². The molecule has 2 nitrogen and oxygen atoms in total. The van der Waals surface area contributed by atoms with Crippen LogP contribution in [0.2, 0.25) is 0 Å². The van der Waals surface area contributed by atoms with Gasteiger partial charge in [0.15, 0.2) is 6.20 Å². The molecule has 3 aromatic rings. The van der Waals surface area contributed by atoms with Gasteiger partial charge in [0.1, 0.15) is 0 Å². The van der Waals surface area contributed by atoms with Crippen LogP contribution in [0.4, 0.5) is 0 Å². The van der Waals surface area contributed by atoms with E-state index >= 15 is 0 Å². The van der Waals surface area contributed by atoms with Crippen molar-refractivity contribution in [3.63, 3.8) is 0 Å². The van der Waals surface area contributed by atoms with Crippen molar-refractivity contribution in [2.24, 2.45) is 0 Å². The molecule has 2 aromatic carbocycles. The lowest BCUT2D eigenvalue weighted by atomic mass is 10.0. The van der Waals surface area contributed by atoms with E-state index in [-0.39, 0.29) is 0 Å². The Hall–Kier alpha value is -2.61. The summed E-state index contributed by atoms with van der Waals surface area (Å²) in [5, 5.41) is 0. The van der Waals surface area contributed by atoms with Crippen LogP contribution in [0.15, 0.2) is 79.0 Å². The zero-order chi connectivity index (χ0) is 14.5. The zero-order valence-corrected chi connectivity index (χ0v) is 11.8. The summed E-state index contributed by atoms with van der Waals surface area (Å²) in [5.41, 5.74) is 4.67. The lowest BCUT2D eigenvalue weighted by Crippen LogP contribution is -2.47. The van der Waals surface area contributed by atoms with E-state index in [1.165, 1.54) is 16.7 Å². The summed E-state index contributed by atoms with van der Waals surface area (Å²) in [6.45, 7) is 0. The fourth-order valence-corrected chi connectivity index (χ4v) is 2.34. The molecule has 103 valence electrons.